The maximum absolute atomic E-state index is 13.1. The van der Waals surface area contributed by atoms with Crippen LogP contribution in [0.25, 0.3) is 33.8 Å². The molecule has 1 atom stereocenters. The van der Waals surface area contributed by atoms with Gasteiger partial charge in [0.15, 0.2) is 16.8 Å². The van der Waals surface area contributed by atoms with Crippen molar-refractivity contribution in [3.63, 3.8) is 0 Å². The Hall–Kier alpha value is -4.01. The summed E-state index contributed by atoms with van der Waals surface area (Å²) in [6, 6.07) is 21.5. The standard InChI is InChI=1S/C27H20ClN3O4S/c1-2-22(24(32)31-27-30-21(15-36-27)16-11-13-17(28)14-12-16)35-26(33)19-8-4-3-7-18(19)25-29-20-9-5-6-10-23(20)34-25/h3-15,22H,2H2,1H3,(H,30,31,32). The number of ether oxygens (including phenoxy) is 1. The molecule has 0 spiro atoms. The van der Waals surface area contributed by atoms with Gasteiger partial charge in [0, 0.05) is 16.0 Å². The van der Waals surface area contributed by atoms with Crippen LogP contribution < -0.4 is 5.32 Å². The number of para-hydroxylation sites is 2. The molecule has 2 heterocycles. The number of nitrogens with one attached hydrogen (secondary N) is 1. The average molecular weight is 518 g/mol. The summed E-state index contributed by atoms with van der Waals surface area (Å²) in [4.78, 5) is 34.9. The van der Waals surface area contributed by atoms with Crippen molar-refractivity contribution in [2.75, 3.05) is 5.32 Å². The highest BCUT2D eigenvalue weighted by Crippen LogP contribution is 2.29. The highest BCUT2D eigenvalue weighted by Gasteiger charge is 2.25. The fraction of sp³-hybridized carbons (Fsp3) is 0.111. The number of halogens is 1. The minimum absolute atomic E-state index is 0.259. The quantitative estimate of drug-likeness (QED) is 0.237. The Bertz CT molecular complexity index is 1510. The number of hydrogen-bond acceptors (Lipinski definition) is 7. The number of carbonyl (C=O) groups is 2. The van der Waals surface area contributed by atoms with E-state index >= 15 is 0 Å². The van der Waals surface area contributed by atoms with Gasteiger partial charge in [0.2, 0.25) is 5.89 Å². The van der Waals surface area contributed by atoms with Crippen molar-refractivity contribution in [2.24, 2.45) is 0 Å². The second kappa shape index (κ2) is 10.3. The molecule has 2 aromatic heterocycles. The fourth-order valence-electron chi connectivity index (χ4n) is 3.62. The number of carbonyl (C=O) groups excluding carboxylic acids is 2. The van der Waals surface area contributed by atoms with Gasteiger partial charge in [-0.15, -0.1) is 11.3 Å². The number of aromatic nitrogens is 2. The van der Waals surface area contributed by atoms with Crippen molar-refractivity contribution >= 4 is 51.0 Å². The van der Waals surface area contributed by atoms with Crippen LogP contribution in [0.4, 0.5) is 5.13 Å². The summed E-state index contributed by atoms with van der Waals surface area (Å²) in [6.45, 7) is 1.77. The summed E-state index contributed by atoms with van der Waals surface area (Å²) in [5.74, 6) is -0.795. The highest BCUT2D eigenvalue weighted by molar-refractivity contribution is 7.14. The van der Waals surface area contributed by atoms with E-state index in [1.165, 1.54) is 11.3 Å². The predicted octanol–water partition coefficient (Wildman–Crippen LogP) is 6.85. The van der Waals surface area contributed by atoms with Crippen LogP contribution >= 0.6 is 22.9 Å². The van der Waals surface area contributed by atoms with Crippen LogP contribution in [-0.4, -0.2) is 27.9 Å². The minimum Gasteiger partial charge on any atom is -0.449 e. The number of thiazole rings is 1. The summed E-state index contributed by atoms with van der Waals surface area (Å²) >= 11 is 7.23. The largest absolute Gasteiger partial charge is 0.449 e. The van der Waals surface area contributed by atoms with Gasteiger partial charge in [-0.1, -0.05) is 54.9 Å². The number of benzene rings is 3. The molecule has 0 aliphatic carbocycles. The van der Waals surface area contributed by atoms with E-state index in [1.54, 1.807) is 49.4 Å². The van der Waals surface area contributed by atoms with E-state index in [2.05, 4.69) is 15.3 Å². The average Bonchev–Trinajstić information content (AvgIpc) is 3.54. The van der Waals surface area contributed by atoms with Gasteiger partial charge in [-0.2, -0.15) is 0 Å². The monoisotopic (exact) mass is 517 g/mol. The molecule has 9 heteroatoms. The van der Waals surface area contributed by atoms with Crippen LogP contribution in [0, 0.1) is 0 Å². The third kappa shape index (κ3) is 5.00. The normalized spacial score (nSPS) is 11.8. The van der Waals surface area contributed by atoms with E-state index in [9.17, 15) is 9.59 Å². The summed E-state index contributed by atoms with van der Waals surface area (Å²) < 4.78 is 11.4. The lowest BCUT2D eigenvalue weighted by atomic mass is 10.1. The number of oxazole rings is 1. The van der Waals surface area contributed by atoms with E-state index in [0.717, 1.165) is 5.56 Å². The van der Waals surface area contributed by atoms with Crippen molar-refractivity contribution < 1.29 is 18.7 Å². The summed E-state index contributed by atoms with van der Waals surface area (Å²) in [6.07, 6.45) is -0.713. The molecule has 0 saturated heterocycles. The first-order chi connectivity index (χ1) is 17.5. The van der Waals surface area contributed by atoms with E-state index in [-0.39, 0.29) is 12.0 Å². The Balaban J connectivity index is 1.31. The number of nitrogens with zero attached hydrogens (tertiary/aromatic N) is 2. The number of amides is 1. The zero-order valence-corrected chi connectivity index (χ0v) is 20.7. The van der Waals surface area contributed by atoms with Gasteiger partial charge in [-0.3, -0.25) is 10.1 Å². The van der Waals surface area contributed by atoms with Gasteiger partial charge in [-0.05, 0) is 42.8 Å². The molecule has 180 valence electrons. The number of fused-ring (bicyclic) bond motifs is 1. The Morgan fingerprint density at radius 1 is 1.03 bits per heavy atom. The first kappa shape index (κ1) is 23.7. The van der Waals surface area contributed by atoms with Crippen LogP contribution in [0.1, 0.15) is 23.7 Å². The molecular weight excluding hydrogens is 498 g/mol. The third-order valence-electron chi connectivity index (χ3n) is 5.46. The first-order valence-electron chi connectivity index (χ1n) is 11.2. The zero-order chi connectivity index (χ0) is 25.1. The Labute approximate surface area is 215 Å². The van der Waals surface area contributed by atoms with Crippen molar-refractivity contribution in [3.05, 3.63) is 88.8 Å². The minimum atomic E-state index is -1.00. The maximum atomic E-state index is 13.1. The number of hydrogen-bond donors (Lipinski definition) is 1. The maximum Gasteiger partial charge on any atom is 0.339 e. The smallest absolute Gasteiger partial charge is 0.339 e. The molecule has 1 unspecified atom stereocenters. The molecule has 3 aromatic carbocycles. The molecule has 5 rings (SSSR count). The number of anilines is 1. The highest BCUT2D eigenvalue weighted by atomic mass is 35.5. The van der Waals surface area contributed by atoms with Crippen LogP contribution in [0.2, 0.25) is 5.02 Å². The van der Waals surface area contributed by atoms with Gasteiger partial charge < -0.3 is 9.15 Å². The van der Waals surface area contributed by atoms with E-state index in [1.807, 2.05) is 35.7 Å². The SMILES string of the molecule is CCC(OC(=O)c1ccccc1-c1nc2ccccc2o1)C(=O)Nc1nc(-c2ccc(Cl)cc2)cs1. The Morgan fingerprint density at radius 3 is 2.56 bits per heavy atom. The number of rotatable bonds is 7. The summed E-state index contributed by atoms with van der Waals surface area (Å²) in [5.41, 5.74) is 3.64. The molecule has 7 nitrogen and oxygen atoms in total. The molecule has 0 saturated carbocycles. The van der Waals surface area contributed by atoms with Crippen LogP contribution in [0.5, 0.6) is 0 Å². The summed E-state index contributed by atoms with van der Waals surface area (Å²) in [5, 5.41) is 5.63. The lowest BCUT2D eigenvalue weighted by Crippen LogP contribution is -2.32. The Kier molecular flexibility index (Phi) is 6.79. The van der Waals surface area contributed by atoms with Crippen molar-refractivity contribution in [3.8, 4) is 22.7 Å². The van der Waals surface area contributed by atoms with E-state index in [4.69, 9.17) is 20.8 Å². The molecule has 0 radical (unpaired) electrons. The van der Waals surface area contributed by atoms with Crippen LogP contribution in [0.3, 0.4) is 0 Å². The molecule has 0 aliphatic rings. The second-order valence-electron chi connectivity index (χ2n) is 7.87. The second-order valence-corrected chi connectivity index (χ2v) is 9.16. The molecule has 1 N–H and O–H groups in total. The van der Waals surface area contributed by atoms with Crippen molar-refractivity contribution in [2.45, 2.75) is 19.4 Å². The molecule has 0 fully saturated rings. The molecule has 0 aliphatic heterocycles. The van der Waals surface area contributed by atoms with E-state index in [0.29, 0.717) is 38.4 Å². The molecule has 36 heavy (non-hydrogen) atoms. The zero-order valence-electron chi connectivity index (χ0n) is 19.1. The fourth-order valence-corrected chi connectivity index (χ4v) is 4.47. The molecule has 0 bridgehead atoms. The van der Waals surface area contributed by atoms with E-state index < -0.39 is 18.0 Å². The lowest BCUT2D eigenvalue weighted by molar-refractivity contribution is -0.124. The number of esters is 1. The van der Waals surface area contributed by atoms with Crippen LogP contribution in [0.15, 0.2) is 82.6 Å². The summed E-state index contributed by atoms with van der Waals surface area (Å²) in [7, 11) is 0. The predicted molar refractivity (Wildman–Crippen MR) is 140 cm³/mol. The van der Waals surface area contributed by atoms with Crippen molar-refractivity contribution in [1.29, 1.82) is 0 Å². The first-order valence-corrected chi connectivity index (χ1v) is 12.5. The Morgan fingerprint density at radius 2 is 1.78 bits per heavy atom. The van der Waals surface area contributed by atoms with Crippen LogP contribution in [-0.2, 0) is 9.53 Å². The molecule has 1 amide bonds. The topological polar surface area (TPSA) is 94.3 Å². The van der Waals surface area contributed by atoms with Gasteiger partial charge in [0.1, 0.15) is 5.52 Å². The third-order valence-corrected chi connectivity index (χ3v) is 6.47. The van der Waals surface area contributed by atoms with Gasteiger partial charge >= 0.3 is 5.97 Å². The molecular formula is C27H20ClN3O4S. The van der Waals surface area contributed by atoms with Crippen molar-refractivity contribution in [1.82, 2.24) is 9.97 Å². The van der Waals surface area contributed by atoms with Gasteiger partial charge in [0.25, 0.3) is 5.91 Å². The lowest BCUT2D eigenvalue weighted by Gasteiger charge is -2.16. The van der Waals surface area contributed by atoms with Gasteiger partial charge in [0.05, 0.1) is 16.8 Å². The van der Waals surface area contributed by atoms with Gasteiger partial charge in [-0.25, -0.2) is 14.8 Å². The molecule has 5 aromatic rings.